The molecule has 1 aromatic rings. The second kappa shape index (κ2) is 6.20. The molecule has 1 atom stereocenters. The molecule has 0 saturated carbocycles. The second-order valence-electron chi connectivity index (χ2n) is 3.79. The number of nitrogens with two attached hydrogens (primary N) is 1. The highest BCUT2D eigenvalue weighted by atomic mass is 19.1. The van der Waals surface area contributed by atoms with Gasteiger partial charge in [0.25, 0.3) is 0 Å². The third kappa shape index (κ3) is 3.42. The van der Waals surface area contributed by atoms with Gasteiger partial charge in [0.1, 0.15) is 5.82 Å². The zero-order chi connectivity index (χ0) is 12.8. The van der Waals surface area contributed by atoms with Crippen LogP contribution in [0, 0.1) is 5.82 Å². The van der Waals surface area contributed by atoms with Crippen molar-refractivity contribution in [3.8, 4) is 0 Å². The molecule has 0 heterocycles. The summed E-state index contributed by atoms with van der Waals surface area (Å²) >= 11 is 0. The monoisotopic (exact) mass is 240 g/mol. The van der Waals surface area contributed by atoms with E-state index >= 15 is 0 Å². The Bertz CT molecular complexity index is 407. The highest BCUT2D eigenvalue weighted by Gasteiger charge is 2.12. The highest BCUT2D eigenvalue weighted by Crippen LogP contribution is 2.15. The van der Waals surface area contributed by atoms with Crippen molar-refractivity contribution in [2.45, 2.75) is 33.0 Å². The topological polar surface area (TPSA) is 67.8 Å². The van der Waals surface area contributed by atoms with Gasteiger partial charge in [0.15, 0.2) is 5.84 Å². The summed E-state index contributed by atoms with van der Waals surface area (Å²) in [5.74, 6) is -0.751. The SMILES string of the molecule is CCC(C)OCc1cccc(/C(N)=N/O)c1F. The Labute approximate surface area is 99.9 Å². The maximum Gasteiger partial charge on any atom is 0.173 e. The zero-order valence-electron chi connectivity index (χ0n) is 9.98. The summed E-state index contributed by atoms with van der Waals surface area (Å²) < 4.78 is 19.4. The largest absolute Gasteiger partial charge is 0.409 e. The Hall–Kier alpha value is -1.62. The Kier molecular flexibility index (Phi) is 4.90. The maximum atomic E-state index is 13.9. The molecular weight excluding hydrogens is 223 g/mol. The summed E-state index contributed by atoms with van der Waals surface area (Å²) in [7, 11) is 0. The fourth-order valence-corrected chi connectivity index (χ4v) is 1.29. The molecule has 0 radical (unpaired) electrons. The average molecular weight is 240 g/mol. The van der Waals surface area contributed by atoms with Crippen molar-refractivity contribution < 1.29 is 14.3 Å². The summed E-state index contributed by atoms with van der Waals surface area (Å²) in [6.45, 7) is 4.09. The fraction of sp³-hybridized carbons (Fsp3) is 0.417. The number of nitrogens with zero attached hydrogens (tertiary/aromatic N) is 1. The van der Waals surface area contributed by atoms with E-state index in [-0.39, 0.29) is 24.1 Å². The van der Waals surface area contributed by atoms with Crippen molar-refractivity contribution in [3.05, 3.63) is 35.1 Å². The van der Waals surface area contributed by atoms with Crippen LogP contribution < -0.4 is 5.73 Å². The molecule has 0 spiro atoms. The predicted octanol–water partition coefficient (Wildman–Crippen LogP) is 2.24. The minimum Gasteiger partial charge on any atom is -0.409 e. The van der Waals surface area contributed by atoms with Gasteiger partial charge in [-0.3, -0.25) is 0 Å². The van der Waals surface area contributed by atoms with Gasteiger partial charge in [0.05, 0.1) is 18.3 Å². The molecule has 3 N–H and O–H groups in total. The van der Waals surface area contributed by atoms with E-state index in [9.17, 15) is 4.39 Å². The Morgan fingerprint density at radius 2 is 2.29 bits per heavy atom. The van der Waals surface area contributed by atoms with Crippen molar-refractivity contribution in [2.24, 2.45) is 10.9 Å². The van der Waals surface area contributed by atoms with Crippen molar-refractivity contribution in [1.29, 1.82) is 0 Å². The lowest BCUT2D eigenvalue weighted by Gasteiger charge is -2.12. The molecule has 4 nitrogen and oxygen atoms in total. The molecule has 17 heavy (non-hydrogen) atoms. The first-order chi connectivity index (χ1) is 8.10. The van der Waals surface area contributed by atoms with Gasteiger partial charge >= 0.3 is 0 Å². The fourth-order valence-electron chi connectivity index (χ4n) is 1.29. The average Bonchev–Trinajstić information content (AvgIpc) is 2.36. The van der Waals surface area contributed by atoms with E-state index in [0.717, 1.165) is 6.42 Å². The molecule has 0 saturated heterocycles. The minimum absolute atomic E-state index is 0.0712. The lowest BCUT2D eigenvalue weighted by atomic mass is 10.1. The van der Waals surface area contributed by atoms with Gasteiger partial charge in [0.2, 0.25) is 0 Å². The lowest BCUT2D eigenvalue weighted by molar-refractivity contribution is 0.0492. The van der Waals surface area contributed by atoms with Crippen LogP contribution in [-0.4, -0.2) is 17.1 Å². The normalized spacial score (nSPS) is 13.7. The summed E-state index contributed by atoms with van der Waals surface area (Å²) in [4.78, 5) is 0. The summed E-state index contributed by atoms with van der Waals surface area (Å²) in [6.07, 6.45) is 0.934. The molecule has 0 bridgehead atoms. The van der Waals surface area contributed by atoms with Crippen molar-refractivity contribution in [2.75, 3.05) is 0 Å². The van der Waals surface area contributed by atoms with Crippen molar-refractivity contribution in [3.63, 3.8) is 0 Å². The van der Waals surface area contributed by atoms with Gasteiger partial charge in [-0.15, -0.1) is 0 Å². The van der Waals surface area contributed by atoms with Crippen LogP contribution in [0.1, 0.15) is 31.4 Å². The molecule has 1 aromatic carbocycles. The highest BCUT2D eigenvalue weighted by molar-refractivity contribution is 5.97. The number of ether oxygens (including phenoxy) is 1. The third-order valence-corrected chi connectivity index (χ3v) is 2.56. The molecule has 5 heteroatoms. The van der Waals surface area contributed by atoms with E-state index < -0.39 is 5.82 Å². The standard InChI is InChI=1S/C12H17FN2O2/c1-3-8(2)17-7-9-5-4-6-10(11(9)13)12(14)15-16/h4-6,8,16H,3,7H2,1-2H3,(H2,14,15). The summed E-state index contributed by atoms with van der Waals surface area (Å²) in [5.41, 5.74) is 5.84. The first-order valence-corrected chi connectivity index (χ1v) is 5.47. The molecule has 0 amide bonds. The number of amidine groups is 1. The number of hydrogen-bond donors (Lipinski definition) is 2. The van der Waals surface area contributed by atoms with E-state index in [1.54, 1.807) is 12.1 Å². The summed E-state index contributed by atoms with van der Waals surface area (Å²) in [6, 6.07) is 4.72. The van der Waals surface area contributed by atoms with Crippen LogP contribution in [0.4, 0.5) is 4.39 Å². The van der Waals surface area contributed by atoms with Crippen molar-refractivity contribution >= 4 is 5.84 Å². The molecule has 0 aliphatic heterocycles. The lowest BCUT2D eigenvalue weighted by Crippen LogP contribution is -2.16. The summed E-state index contributed by atoms with van der Waals surface area (Å²) in [5, 5.41) is 11.3. The van der Waals surface area contributed by atoms with Crippen LogP contribution in [0.15, 0.2) is 23.4 Å². The number of benzene rings is 1. The molecule has 0 aromatic heterocycles. The zero-order valence-corrected chi connectivity index (χ0v) is 9.98. The number of oxime groups is 1. The van der Waals surface area contributed by atoms with Crippen LogP contribution in [0.5, 0.6) is 0 Å². The second-order valence-corrected chi connectivity index (χ2v) is 3.79. The van der Waals surface area contributed by atoms with E-state index in [4.69, 9.17) is 15.7 Å². The van der Waals surface area contributed by atoms with Crippen molar-refractivity contribution in [1.82, 2.24) is 0 Å². The van der Waals surface area contributed by atoms with Gasteiger partial charge in [-0.1, -0.05) is 24.2 Å². The molecular formula is C12H17FN2O2. The first kappa shape index (κ1) is 13.4. The van der Waals surface area contributed by atoms with Gasteiger partial charge in [-0.25, -0.2) is 4.39 Å². The van der Waals surface area contributed by atoms with Crippen LogP contribution in [0.25, 0.3) is 0 Å². The molecule has 0 fully saturated rings. The molecule has 0 aliphatic rings. The van der Waals surface area contributed by atoms with Gasteiger partial charge < -0.3 is 15.7 Å². The van der Waals surface area contributed by atoms with E-state index in [1.165, 1.54) is 6.07 Å². The Morgan fingerprint density at radius 1 is 1.59 bits per heavy atom. The van der Waals surface area contributed by atoms with Gasteiger partial charge in [-0.2, -0.15) is 0 Å². The van der Waals surface area contributed by atoms with Crippen LogP contribution in [0.2, 0.25) is 0 Å². The Morgan fingerprint density at radius 3 is 2.88 bits per heavy atom. The molecule has 94 valence electrons. The molecule has 0 aliphatic carbocycles. The maximum absolute atomic E-state index is 13.9. The Balaban J connectivity index is 2.87. The van der Waals surface area contributed by atoms with E-state index in [2.05, 4.69) is 5.16 Å². The quantitative estimate of drug-likeness (QED) is 0.359. The molecule has 1 unspecified atom stereocenters. The number of rotatable bonds is 5. The molecule has 1 rings (SSSR count). The van der Waals surface area contributed by atoms with Gasteiger partial charge in [0, 0.05) is 5.56 Å². The van der Waals surface area contributed by atoms with Crippen LogP contribution in [-0.2, 0) is 11.3 Å². The van der Waals surface area contributed by atoms with Gasteiger partial charge in [-0.05, 0) is 19.4 Å². The third-order valence-electron chi connectivity index (χ3n) is 2.56. The van der Waals surface area contributed by atoms with Crippen LogP contribution in [0.3, 0.4) is 0 Å². The smallest absolute Gasteiger partial charge is 0.173 e. The van der Waals surface area contributed by atoms with E-state index in [1.807, 2.05) is 13.8 Å². The van der Waals surface area contributed by atoms with E-state index in [0.29, 0.717) is 5.56 Å². The first-order valence-electron chi connectivity index (χ1n) is 5.47. The van der Waals surface area contributed by atoms with Crippen LogP contribution >= 0.6 is 0 Å². The minimum atomic E-state index is -0.508. The number of halogens is 1. The predicted molar refractivity (Wildman–Crippen MR) is 63.5 cm³/mol. The number of hydrogen-bond acceptors (Lipinski definition) is 3.